The van der Waals surface area contributed by atoms with E-state index < -0.39 is 0 Å². The van der Waals surface area contributed by atoms with Gasteiger partial charge in [-0.15, -0.1) is 0 Å². The van der Waals surface area contributed by atoms with Crippen LogP contribution in [-0.4, -0.2) is 12.5 Å². The van der Waals surface area contributed by atoms with Crippen molar-refractivity contribution in [2.24, 2.45) is 5.92 Å². The van der Waals surface area contributed by atoms with Crippen LogP contribution in [0.4, 0.5) is 0 Å². The summed E-state index contributed by atoms with van der Waals surface area (Å²) in [5, 5.41) is 2.86. The Kier molecular flexibility index (Phi) is 4.17. The van der Waals surface area contributed by atoms with Crippen molar-refractivity contribution >= 4 is 5.91 Å². The molecule has 0 aromatic heterocycles. The molecule has 0 saturated heterocycles. The number of hydrogen-bond donors (Lipinski definition) is 1. The number of carbonyl (C=O) groups excluding carboxylic acids is 1. The Morgan fingerprint density at radius 3 is 2.86 bits per heavy atom. The third kappa shape index (κ3) is 3.60. The van der Waals surface area contributed by atoms with Crippen LogP contribution in [-0.2, 0) is 0 Å². The summed E-state index contributed by atoms with van der Waals surface area (Å²) < 4.78 is 0. The van der Waals surface area contributed by atoms with Gasteiger partial charge < -0.3 is 5.32 Å². The summed E-state index contributed by atoms with van der Waals surface area (Å²) >= 11 is 0. The van der Waals surface area contributed by atoms with Crippen LogP contribution in [0.1, 0.15) is 30.6 Å². The largest absolute Gasteiger partial charge is 0.352 e. The van der Waals surface area contributed by atoms with Crippen molar-refractivity contribution in [2.75, 3.05) is 6.54 Å². The van der Waals surface area contributed by atoms with E-state index in [9.17, 15) is 4.79 Å². The molecule has 0 atom stereocenters. The zero-order valence-corrected chi connectivity index (χ0v) is 8.63. The molecule has 0 aliphatic rings. The third-order valence-corrected chi connectivity index (χ3v) is 1.93. The number of hydrogen-bond acceptors (Lipinski definition) is 1. The molecule has 1 aromatic carbocycles. The van der Waals surface area contributed by atoms with E-state index in [-0.39, 0.29) is 5.91 Å². The topological polar surface area (TPSA) is 29.1 Å². The summed E-state index contributed by atoms with van der Waals surface area (Å²) in [5.74, 6) is 0.585. The summed E-state index contributed by atoms with van der Waals surface area (Å²) in [4.78, 5) is 11.5. The predicted octanol–water partition coefficient (Wildman–Crippen LogP) is 2.06. The number of rotatable bonds is 4. The Hall–Kier alpha value is -1.31. The lowest BCUT2D eigenvalue weighted by molar-refractivity contribution is 0.0952. The molecule has 0 heterocycles. The minimum atomic E-state index is -0.0316. The van der Waals surface area contributed by atoms with Crippen LogP contribution in [0.25, 0.3) is 0 Å². The zero-order chi connectivity index (χ0) is 10.4. The second-order valence-corrected chi connectivity index (χ2v) is 3.66. The van der Waals surface area contributed by atoms with Crippen LogP contribution in [0, 0.1) is 18.1 Å². The molecule has 2 radical (unpaired) electrons. The lowest BCUT2D eigenvalue weighted by Gasteiger charge is -2.06. The average molecular weight is 189 g/mol. The van der Waals surface area contributed by atoms with E-state index in [4.69, 9.17) is 0 Å². The van der Waals surface area contributed by atoms with Gasteiger partial charge >= 0.3 is 0 Å². The van der Waals surface area contributed by atoms with Crippen molar-refractivity contribution in [1.82, 2.24) is 5.32 Å². The molecule has 74 valence electrons. The molecule has 2 nitrogen and oxygen atoms in total. The fraction of sp³-hybridized carbons (Fsp3) is 0.417. The molecular formula is C12H15NO. The first-order valence-corrected chi connectivity index (χ1v) is 4.86. The second-order valence-electron chi connectivity index (χ2n) is 3.66. The van der Waals surface area contributed by atoms with Crippen molar-refractivity contribution in [3.05, 3.63) is 35.9 Å². The highest BCUT2D eigenvalue weighted by Gasteiger charge is 2.03. The van der Waals surface area contributed by atoms with E-state index >= 15 is 0 Å². The third-order valence-electron chi connectivity index (χ3n) is 1.93. The standard InChI is InChI=1S/C12H15NO/c1-10(2)8-9-13-12(14)11-6-4-3-5-7-11/h4,6-7,10H,8-9H2,1-2H3,(H,13,14). The van der Waals surface area contributed by atoms with Gasteiger partial charge in [-0.25, -0.2) is 0 Å². The molecule has 0 aliphatic carbocycles. The molecule has 0 unspecified atom stereocenters. The normalized spacial score (nSPS) is 10.2. The Balaban J connectivity index is 2.36. The minimum absolute atomic E-state index is 0.0316. The van der Waals surface area contributed by atoms with Gasteiger partial charge in [-0.05, 0) is 36.6 Å². The molecule has 1 N–H and O–H groups in total. The lowest BCUT2D eigenvalue weighted by Crippen LogP contribution is -2.25. The van der Waals surface area contributed by atoms with Gasteiger partial charge in [-0.3, -0.25) is 4.79 Å². The number of nitrogens with one attached hydrogen (secondary N) is 1. The van der Waals surface area contributed by atoms with E-state index in [0.717, 1.165) is 13.0 Å². The van der Waals surface area contributed by atoms with E-state index in [2.05, 4.69) is 31.3 Å². The molecule has 2 heteroatoms. The fourth-order valence-electron chi connectivity index (χ4n) is 1.06. The summed E-state index contributed by atoms with van der Waals surface area (Å²) in [6, 6.07) is 10.6. The Labute approximate surface area is 85.3 Å². The molecule has 0 saturated carbocycles. The van der Waals surface area contributed by atoms with Crippen molar-refractivity contribution in [2.45, 2.75) is 20.3 Å². The fourth-order valence-corrected chi connectivity index (χ4v) is 1.06. The second kappa shape index (κ2) is 5.43. The zero-order valence-electron chi connectivity index (χ0n) is 8.63. The first-order valence-electron chi connectivity index (χ1n) is 4.86. The molecular weight excluding hydrogens is 174 g/mol. The highest BCUT2D eigenvalue weighted by Crippen LogP contribution is 1.99. The van der Waals surface area contributed by atoms with Gasteiger partial charge in [0.1, 0.15) is 0 Å². The van der Waals surface area contributed by atoms with Crippen LogP contribution in [0.2, 0.25) is 0 Å². The maximum absolute atomic E-state index is 11.5. The van der Waals surface area contributed by atoms with E-state index in [0.29, 0.717) is 11.5 Å². The molecule has 1 amide bonds. The Bertz CT molecular complexity index is 280. The highest BCUT2D eigenvalue weighted by molar-refractivity contribution is 5.93. The maximum atomic E-state index is 11.5. The van der Waals surface area contributed by atoms with Gasteiger partial charge in [-0.1, -0.05) is 19.9 Å². The molecule has 0 aliphatic heterocycles. The van der Waals surface area contributed by atoms with Gasteiger partial charge in [0.15, 0.2) is 0 Å². The molecule has 1 rings (SSSR count). The van der Waals surface area contributed by atoms with Crippen LogP contribution in [0.5, 0.6) is 0 Å². The minimum Gasteiger partial charge on any atom is -0.352 e. The predicted molar refractivity (Wildman–Crippen MR) is 55.9 cm³/mol. The number of amides is 1. The smallest absolute Gasteiger partial charge is 0.251 e. The summed E-state index contributed by atoms with van der Waals surface area (Å²) in [6.45, 7) is 5.00. The average Bonchev–Trinajstić information content (AvgIpc) is 2.18. The molecule has 0 fully saturated rings. The van der Waals surface area contributed by atoms with E-state index in [1.165, 1.54) is 0 Å². The van der Waals surface area contributed by atoms with Crippen molar-refractivity contribution in [3.8, 4) is 0 Å². The number of carbonyl (C=O) groups is 1. The molecule has 14 heavy (non-hydrogen) atoms. The van der Waals surface area contributed by atoms with Gasteiger partial charge in [0.25, 0.3) is 5.91 Å². The SMILES string of the molecule is CC(C)CCNC(=O)c1c[c][c]cc1. The van der Waals surface area contributed by atoms with Crippen LogP contribution >= 0.6 is 0 Å². The Morgan fingerprint density at radius 2 is 2.29 bits per heavy atom. The summed E-state index contributed by atoms with van der Waals surface area (Å²) in [6.07, 6.45) is 1.01. The van der Waals surface area contributed by atoms with E-state index in [1.807, 2.05) is 0 Å². The van der Waals surface area contributed by atoms with Gasteiger partial charge in [0, 0.05) is 12.1 Å². The van der Waals surface area contributed by atoms with E-state index in [1.54, 1.807) is 18.2 Å². The van der Waals surface area contributed by atoms with Crippen molar-refractivity contribution < 1.29 is 4.79 Å². The Morgan fingerprint density at radius 1 is 1.50 bits per heavy atom. The molecule has 0 bridgehead atoms. The summed E-state index contributed by atoms with van der Waals surface area (Å²) in [5.41, 5.74) is 0.646. The highest BCUT2D eigenvalue weighted by atomic mass is 16.1. The van der Waals surface area contributed by atoms with Gasteiger partial charge in [-0.2, -0.15) is 0 Å². The van der Waals surface area contributed by atoms with Crippen LogP contribution < -0.4 is 5.32 Å². The molecule has 1 aromatic rings. The van der Waals surface area contributed by atoms with Crippen molar-refractivity contribution in [3.63, 3.8) is 0 Å². The van der Waals surface area contributed by atoms with Crippen molar-refractivity contribution in [1.29, 1.82) is 0 Å². The lowest BCUT2D eigenvalue weighted by atomic mass is 10.1. The van der Waals surface area contributed by atoms with Gasteiger partial charge in [0.2, 0.25) is 0 Å². The summed E-state index contributed by atoms with van der Waals surface area (Å²) in [7, 11) is 0. The van der Waals surface area contributed by atoms with Crippen LogP contribution in [0.3, 0.4) is 0 Å². The van der Waals surface area contributed by atoms with Crippen LogP contribution in [0.15, 0.2) is 18.2 Å². The molecule has 0 spiro atoms. The first kappa shape index (κ1) is 10.8. The maximum Gasteiger partial charge on any atom is 0.251 e. The van der Waals surface area contributed by atoms with Gasteiger partial charge in [0.05, 0.1) is 0 Å². The quantitative estimate of drug-likeness (QED) is 0.771. The monoisotopic (exact) mass is 189 g/mol. The first-order chi connectivity index (χ1) is 6.70. The number of benzene rings is 1.